The molecule has 2 aromatic rings. The Hall–Kier alpha value is -2.44. The largest absolute Gasteiger partial charge is 0.373 e. The lowest BCUT2D eigenvalue weighted by Gasteiger charge is -2.39. The standard InChI is InChI=1S/C28H40N4O2/c1-20-6-8-25(9-7-20)19-32-24(5)27(23(4)29-32)10-11-28(33)31-14-12-26(13-15-31)18-30-16-21(2)34-22(3)17-30/h6-11,21-22,26H,12-19H2,1-5H3/b11-10+. The Kier molecular flexibility index (Phi) is 7.89. The molecule has 2 fully saturated rings. The van der Waals surface area contributed by atoms with E-state index in [1.165, 1.54) is 11.1 Å². The zero-order valence-electron chi connectivity index (χ0n) is 21.5. The predicted octanol–water partition coefficient (Wildman–Crippen LogP) is 4.22. The summed E-state index contributed by atoms with van der Waals surface area (Å²) in [6, 6.07) is 8.56. The number of aromatic nitrogens is 2. The lowest BCUT2D eigenvalue weighted by Crippen LogP contribution is -2.48. The van der Waals surface area contributed by atoms with E-state index in [4.69, 9.17) is 9.84 Å². The molecule has 0 N–H and O–H groups in total. The van der Waals surface area contributed by atoms with Gasteiger partial charge in [0.15, 0.2) is 0 Å². The normalized spacial score (nSPS) is 22.6. The number of ether oxygens (including phenoxy) is 1. The number of carbonyl (C=O) groups is 1. The lowest BCUT2D eigenvalue weighted by molar-refractivity contribution is -0.127. The maximum atomic E-state index is 12.9. The van der Waals surface area contributed by atoms with Gasteiger partial charge in [0, 0.05) is 50.1 Å². The van der Waals surface area contributed by atoms with Crippen LogP contribution >= 0.6 is 0 Å². The zero-order valence-corrected chi connectivity index (χ0v) is 21.5. The molecule has 184 valence electrons. The van der Waals surface area contributed by atoms with E-state index in [9.17, 15) is 4.79 Å². The number of aryl methyl sites for hydroxylation is 2. The second kappa shape index (κ2) is 10.9. The highest BCUT2D eigenvalue weighted by molar-refractivity contribution is 5.92. The highest BCUT2D eigenvalue weighted by Gasteiger charge is 2.27. The molecule has 0 saturated carbocycles. The van der Waals surface area contributed by atoms with E-state index in [-0.39, 0.29) is 5.91 Å². The maximum absolute atomic E-state index is 12.9. The fraction of sp³-hybridized carbons (Fsp3) is 0.571. The van der Waals surface area contributed by atoms with E-state index in [2.05, 4.69) is 56.9 Å². The van der Waals surface area contributed by atoms with E-state index in [1.807, 2.05) is 22.6 Å². The van der Waals surface area contributed by atoms with Gasteiger partial charge in [0.05, 0.1) is 24.4 Å². The summed E-state index contributed by atoms with van der Waals surface area (Å²) >= 11 is 0. The Balaban J connectivity index is 1.30. The van der Waals surface area contributed by atoms with Gasteiger partial charge in [0.2, 0.25) is 5.91 Å². The van der Waals surface area contributed by atoms with E-state index in [0.29, 0.717) is 18.1 Å². The molecule has 2 aliphatic rings. The van der Waals surface area contributed by atoms with Crippen LogP contribution in [0.4, 0.5) is 0 Å². The Bertz CT molecular complexity index is 992. The molecule has 2 saturated heterocycles. The van der Waals surface area contributed by atoms with Gasteiger partial charge in [0.25, 0.3) is 0 Å². The third kappa shape index (κ3) is 6.16. The summed E-state index contributed by atoms with van der Waals surface area (Å²) in [5.74, 6) is 0.771. The van der Waals surface area contributed by atoms with Crippen LogP contribution in [0.5, 0.6) is 0 Å². The van der Waals surface area contributed by atoms with Gasteiger partial charge in [-0.1, -0.05) is 29.8 Å². The third-order valence-corrected chi connectivity index (χ3v) is 7.22. The summed E-state index contributed by atoms with van der Waals surface area (Å²) in [6.07, 6.45) is 6.46. The second-order valence-electron chi connectivity index (χ2n) is 10.3. The Morgan fingerprint density at radius 1 is 1.06 bits per heavy atom. The molecule has 6 heteroatoms. The number of carbonyl (C=O) groups excluding carboxylic acids is 1. The average Bonchev–Trinajstić information content (AvgIpc) is 3.05. The van der Waals surface area contributed by atoms with Crippen molar-refractivity contribution in [2.75, 3.05) is 32.7 Å². The molecule has 0 bridgehead atoms. The van der Waals surface area contributed by atoms with Crippen LogP contribution in [-0.4, -0.2) is 70.4 Å². The van der Waals surface area contributed by atoms with Crippen molar-refractivity contribution in [3.05, 3.63) is 58.4 Å². The Labute approximate surface area is 204 Å². The summed E-state index contributed by atoms with van der Waals surface area (Å²) < 4.78 is 7.89. The Morgan fingerprint density at radius 2 is 1.71 bits per heavy atom. The minimum atomic E-state index is 0.108. The molecule has 1 aromatic heterocycles. The Morgan fingerprint density at radius 3 is 2.35 bits per heavy atom. The fourth-order valence-electron chi connectivity index (χ4n) is 5.37. The van der Waals surface area contributed by atoms with Crippen LogP contribution in [0, 0.1) is 26.7 Å². The smallest absolute Gasteiger partial charge is 0.246 e. The predicted molar refractivity (Wildman–Crippen MR) is 137 cm³/mol. The van der Waals surface area contributed by atoms with E-state index in [1.54, 1.807) is 6.08 Å². The van der Waals surface area contributed by atoms with Crippen molar-refractivity contribution >= 4 is 12.0 Å². The molecule has 2 atom stereocenters. The van der Waals surface area contributed by atoms with Crippen LogP contribution in [0.15, 0.2) is 30.3 Å². The number of hydrogen-bond donors (Lipinski definition) is 0. The molecule has 34 heavy (non-hydrogen) atoms. The van der Waals surface area contributed by atoms with E-state index in [0.717, 1.165) is 69.1 Å². The molecule has 3 heterocycles. The molecule has 2 unspecified atom stereocenters. The van der Waals surface area contributed by atoms with Gasteiger partial charge in [-0.2, -0.15) is 5.10 Å². The van der Waals surface area contributed by atoms with Gasteiger partial charge in [-0.15, -0.1) is 0 Å². The number of benzene rings is 1. The van der Waals surface area contributed by atoms with Gasteiger partial charge in [-0.25, -0.2) is 0 Å². The molecule has 2 aliphatic heterocycles. The minimum Gasteiger partial charge on any atom is -0.373 e. The number of nitrogens with zero attached hydrogens (tertiary/aromatic N) is 4. The summed E-state index contributed by atoms with van der Waals surface area (Å²) in [7, 11) is 0. The molecule has 6 nitrogen and oxygen atoms in total. The first kappa shape index (κ1) is 24.7. The summed E-state index contributed by atoms with van der Waals surface area (Å²) in [4.78, 5) is 17.4. The molecule has 0 radical (unpaired) electrons. The van der Waals surface area contributed by atoms with Crippen molar-refractivity contribution in [1.82, 2.24) is 19.6 Å². The monoisotopic (exact) mass is 464 g/mol. The molecule has 0 aliphatic carbocycles. The van der Waals surface area contributed by atoms with Gasteiger partial charge in [-0.05, 0) is 65.0 Å². The van der Waals surface area contributed by atoms with Crippen molar-refractivity contribution in [3.8, 4) is 0 Å². The zero-order chi connectivity index (χ0) is 24.2. The molecule has 4 rings (SSSR count). The molecular formula is C28H40N4O2. The number of rotatable bonds is 6. The first-order valence-corrected chi connectivity index (χ1v) is 12.7. The van der Waals surface area contributed by atoms with Crippen LogP contribution < -0.4 is 0 Å². The third-order valence-electron chi connectivity index (χ3n) is 7.22. The van der Waals surface area contributed by atoms with Crippen LogP contribution in [-0.2, 0) is 16.1 Å². The number of hydrogen-bond acceptors (Lipinski definition) is 4. The van der Waals surface area contributed by atoms with Crippen LogP contribution in [0.3, 0.4) is 0 Å². The SMILES string of the molecule is Cc1ccc(Cn2nc(C)c(/C=C/C(=O)N3CCC(CN4CC(C)OC(C)C4)CC3)c2C)cc1. The van der Waals surface area contributed by atoms with Crippen molar-refractivity contribution in [2.45, 2.75) is 66.2 Å². The number of amides is 1. The van der Waals surface area contributed by atoms with Crippen LogP contribution in [0.25, 0.3) is 6.08 Å². The summed E-state index contributed by atoms with van der Waals surface area (Å²) in [5, 5.41) is 4.72. The van der Waals surface area contributed by atoms with Crippen molar-refractivity contribution in [2.24, 2.45) is 5.92 Å². The van der Waals surface area contributed by atoms with Crippen molar-refractivity contribution in [1.29, 1.82) is 0 Å². The highest BCUT2D eigenvalue weighted by Crippen LogP contribution is 2.22. The topological polar surface area (TPSA) is 50.6 Å². The van der Waals surface area contributed by atoms with Crippen molar-refractivity contribution < 1.29 is 9.53 Å². The second-order valence-corrected chi connectivity index (χ2v) is 10.3. The van der Waals surface area contributed by atoms with Crippen molar-refractivity contribution in [3.63, 3.8) is 0 Å². The quantitative estimate of drug-likeness (QED) is 0.601. The van der Waals surface area contributed by atoms with Gasteiger partial charge in [0.1, 0.15) is 0 Å². The molecule has 0 spiro atoms. The van der Waals surface area contributed by atoms with Crippen LogP contribution in [0.2, 0.25) is 0 Å². The number of morpholine rings is 1. The first-order valence-electron chi connectivity index (χ1n) is 12.7. The van der Waals surface area contributed by atoms with E-state index >= 15 is 0 Å². The molecule has 1 aromatic carbocycles. The number of piperidine rings is 1. The van der Waals surface area contributed by atoms with Gasteiger partial charge < -0.3 is 9.64 Å². The van der Waals surface area contributed by atoms with E-state index < -0.39 is 0 Å². The number of likely N-dealkylation sites (tertiary alicyclic amines) is 1. The van der Waals surface area contributed by atoms with Gasteiger partial charge in [-0.3, -0.25) is 14.4 Å². The fourth-order valence-corrected chi connectivity index (χ4v) is 5.37. The summed E-state index contributed by atoms with van der Waals surface area (Å²) in [6.45, 7) is 16.1. The summed E-state index contributed by atoms with van der Waals surface area (Å²) in [5.41, 5.74) is 5.59. The molecule has 1 amide bonds. The highest BCUT2D eigenvalue weighted by atomic mass is 16.5. The first-order chi connectivity index (χ1) is 16.3. The average molecular weight is 465 g/mol. The molecular weight excluding hydrogens is 424 g/mol. The lowest BCUT2D eigenvalue weighted by atomic mass is 9.95. The van der Waals surface area contributed by atoms with Gasteiger partial charge >= 0.3 is 0 Å². The maximum Gasteiger partial charge on any atom is 0.246 e. The van der Waals surface area contributed by atoms with Crippen LogP contribution in [0.1, 0.15) is 54.8 Å². The minimum absolute atomic E-state index is 0.108.